The third-order valence-electron chi connectivity index (χ3n) is 2.02. The van der Waals surface area contributed by atoms with E-state index in [4.69, 9.17) is 0 Å². The Labute approximate surface area is 80.7 Å². The number of hydrogen-bond acceptors (Lipinski definition) is 3. The third-order valence-corrected chi connectivity index (χ3v) is 2.02. The molecule has 14 heavy (non-hydrogen) atoms. The Kier molecular flexibility index (Phi) is 2.10. The highest BCUT2D eigenvalue weighted by atomic mass is 16.6. The average molecular weight is 188 g/mol. The standard InChI is InChI=1S/C10H8N2O2/c13-12(14)9-5-3-8(4-6-9)10-2-1-7-11-10/h1-6H,7H2. The van der Waals surface area contributed by atoms with Crippen molar-refractivity contribution >= 4 is 11.4 Å². The van der Waals surface area contributed by atoms with E-state index >= 15 is 0 Å². The lowest BCUT2D eigenvalue weighted by Gasteiger charge is -1.97. The molecule has 0 aromatic heterocycles. The molecule has 0 bridgehead atoms. The topological polar surface area (TPSA) is 55.5 Å². The van der Waals surface area contributed by atoms with Gasteiger partial charge in [-0.15, -0.1) is 0 Å². The monoisotopic (exact) mass is 188 g/mol. The summed E-state index contributed by atoms with van der Waals surface area (Å²) in [6, 6.07) is 6.41. The van der Waals surface area contributed by atoms with Crippen molar-refractivity contribution in [3.63, 3.8) is 0 Å². The molecule has 1 aliphatic heterocycles. The highest BCUT2D eigenvalue weighted by molar-refractivity contribution is 6.09. The van der Waals surface area contributed by atoms with Crippen molar-refractivity contribution in [2.75, 3.05) is 6.54 Å². The van der Waals surface area contributed by atoms with E-state index in [0.29, 0.717) is 6.54 Å². The maximum absolute atomic E-state index is 10.4. The molecule has 2 rings (SSSR count). The predicted molar refractivity (Wildman–Crippen MR) is 53.6 cm³/mol. The van der Waals surface area contributed by atoms with E-state index in [1.165, 1.54) is 12.1 Å². The van der Waals surface area contributed by atoms with Gasteiger partial charge in [0.15, 0.2) is 0 Å². The van der Waals surface area contributed by atoms with E-state index in [2.05, 4.69) is 4.99 Å². The van der Waals surface area contributed by atoms with Gasteiger partial charge in [0.25, 0.3) is 5.69 Å². The highest BCUT2D eigenvalue weighted by Crippen LogP contribution is 2.14. The molecule has 70 valence electrons. The van der Waals surface area contributed by atoms with Crippen molar-refractivity contribution in [2.24, 2.45) is 4.99 Å². The van der Waals surface area contributed by atoms with Gasteiger partial charge in [-0.1, -0.05) is 6.08 Å². The van der Waals surface area contributed by atoms with Crippen LogP contribution < -0.4 is 0 Å². The first-order valence-electron chi connectivity index (χ1n) is 4.23. The summed E-state index contributed by atoms with van der Waals surface area (Å²) in [6.45, 7) is 0.701. The smallest absolute Gasteiger partial charge is 0.269 e. The van der Waals surface area contributed by atoms with Crippen molar-refractivity contribution in [3.05, 3.63) is 52.1 Å². The Morgan fingerprint density at radius 2 is 2.00 bits per heavy atom. The number of nitrogens with zero attached hydrogens (tertiary/aromatic N) is 2. The van der Waals surface area contributed by atoms with Crippen molar-refractivity contribution in [2.45, 2.75) is 0 Å². The van der Waals surface area contributed by atoms with E-state index in [0.717, 1.165) is 11.3 Å². The summed E-state index contributed by atoms with van der Waals surface area (Å²) in [5.41, 5.74) is 1.92. The SMILES string of the molecule is O=[N+]([O-])c1ccc(C2=NCC=C2)cc1. The van der Waals surface area contributed by atoms with Gasteiger partial charge in [0.05, 0.1) is 17.2 Å². The van der Waals surface area contributed by atoms with E-state index in [1.54, 1.807) is 12.1 Å². The van der Waals surface area contributed by atoms with E-state index in [-0.39, 0.29) is 5.69 Å². The first-order valence-corrected chi connectivity index (χ1v) is 4.23. The molecule has 0 saturated heterocycles. The molecule has 1 aromatic rings. The van der Waals surface area contributed by atoms with Gasteiger partial charge in [-0.2, -0.15) is 0 Å². The summed E-state index contributed by atoms with van der Waals surface area (Å²) in [7, 11) is 0. The maximum atomic E-state index is 10.4. The van der Waals surface area contributed by atoms with E-state index in [9.17, 15) is 10.1 Å². The summed E-state index contributed by atoms with van der Waals surface area (Å²) in [5.74, 6) is 0. The molecule has 0 unspecified atom stereocenters. The Morgan fingerprint density at radius 1 is 1.29 bits per heavy atom. The Hall–Kier alpha value is -1.97. The molecule has 0 saturated carbocycles. The summed E-state index contributed by atoms with van der Waals surface area (Å²) in [5, 5.41) is 10.4. The Balaban J connectivity index is 2.30. The van der Waals surface area contributed by atoms with Gasteiger partial charge in [-0.3, -0.25) is 15.1 Å². The number of non-ortho nitro benzene ring substituents is 1. The van der Waals surface area contributed by atoms with E-state index < -0.39 is 4.92 Å². The molecule has 0 fully saturated rings. The Morgan fingerprint density at radius 3 is 2.50 bits per heavy atom. The molecule has 0 atom stereocenters. The van der Waals surface area contributed by atoms with Gasteiger partial charge < -0.3 is 0 Å². The van der Waals surface area contributed by atoms with Crippen LogP contribution in [-0.4, -0.2) is 17.2 Å². The fraction of sp³-hybridized carbons (Fsp3) is 0.100. The molecule has 4 nitrogen and oxygen atoms in total. The molecule has 0 spiro atoms. The highest BCUT2D eigenvalue weighted by Gasteiger charge is 2.07. The number of rotatable bonds is 2. The fourth-order valence-corrected chi connectivity index (χ4v) is 1.31. The number of benzene rings is 1. The van der Waals surface area contributed by atoms with Crippen LogP contribution >= 0.6 is 0 Å². The largest absolute Gasteiger partial charge is 0.281 e. The van der Waals surface area contributed by atoms with Gasteiger partial charge in [-0.25, -0.2) is 0 Å². The zero-order valence-electron chi connectivity index (χ0n) is 7.38. The normalized spacial score (nSPS) is 14.1. The first kappa shape index (κ1) is 8.62. The van der Waals surface area contributed by atoms with Crippen molar-refractivity contribution in [3.8, 4) is 0 Å². The number of nitro groups is 1. The van der Waals surface area contributed by atoms with Gasteiger partial charge in [0.2, 0.25) is 0 Å². The van der Waals surface area contributed by atoms with Crippen LogP contribution in [0.5, 0.6) is 0 Å². The van der Waals surface area contributed by atoms with Gasteiger partial charge in [0.1, 0.15) is 0 Å². The van der Waals surface area contributed by atoms with Crippen LogP contribution in [0, 0.1) is 10.1 Å². The molecule has 0 radical (unpaired) electrons. The molecule has 0 N–H and O–H groups in total. The fourth-order valence-electron chi connectivity index (χ4n) is 1.31. The second-order valence-electron chi connectivity index (χ2n) is 2.93. The average Bonchev–Trinajstić information content (AvgIpc) is 2.71. The second-order valence-corrected chi connectivity index (χ2v) is 2.93. The minimum absolute atomic E-state index is 0.108. The molecule has 1 aliphatic rings. The van der Waals surface area contributed by atoms with E-state index in [1.807, 2.05) is 12.2 Å². The number of allylic oxidation sites excluding steroid dienone is 1. The van der Waals surface area contributed by atoms with Crippen LogP contribution in [0.25, 0.3) is 0 Å². The van der Waals surface area contributed by atoms with Crippen LogP contribution in [0.4, 0.5) is 5.69 Å². The summed E-state index contributed by atoms with van der Waals surface area (Å²) in [4.78, 5) is 14.2. The number of aliphatic imine (C=N–C) groups is 1. The second kappa shape index (κ2) is 3.41. The molecular weight excluding hydrogens is 180 g/mol. The van der Waals surface area contributed by atoms with Crippen LogP contribution in [0.3, 0.4) is 0 Å². The molecule has 0 aliphatic carbocycles. The van der Waals surface area contributed by atoms with Crippen LogP contribution in [0.2, 0.25) is 0 Å². The number of hydrogen-bond donors (Lipinski definition) is 0. The zero-order chi connectivity index (χ0) is 9.97. The zero-order valence-corrected chi connectivity index (χ0v) is 7.38. The Bertz CT molecular complexity index is 418. The minimum atomic E-state index is -0.407. The first-order chi connectivity index (χ1) is 6.77. The molecule has 0 amide bonds. The lowest BCUT2D eigenvalue weighted by Crippen LogP contribution is -1.94. The van der Waals surface area contributed by atoms with Gasteiger partial charge >= 0.3 is 0 Å². The molecule has 4 heteroatoms. The lowest BCUT2D eigenvalue weighted by molar-refractivity contribution is -0.384. The van der Waals surface area contributed by atoms with Crippen LogP contribution in [0.15, 0.2) is 41.4 Å². The predicted octanol–water partition coefficient (Wildman–Crippen LogP) is 1.95. The summed E-state index contributed by atoms with van der Waals surface area (Å²) in [6.07, 6.45) is 3.87. The van der Waals surface area contributed by atoms with Crippen molar-refractivity contribution in [1.29, 1.82) is 0 Å². The summed E-state index contributed by atoms with van der Waals surface area (Å²) < 4.78 is 0. The van der Waals surface area contributed by atoms with Crippen molar-refractivity contribution in [1.82, 2.24) is 0 Å². The van der Waals surface area contributed by atoms with Crippen LogP contribution in [0.1, 0.15) is 5.56 Å². The minimum Gasteiger partial charge on any atom is -0.281 e. The lowest BCUT2D eigenvalue weighted by atomic mass is 10.1. The quantitative estimate of drug-likeness (QED) is 0.526. The summed E-state index contributed by atoms with van der Waals surface area (Å²) >= 11 is 0. The maximum Gasteiger partial charge on any atom is 0.269 e. The third kappa shape index (κ3) is 1.54. The number of nitro benzene ring substituents is 1. The molecular formula is C10H8N2O2. The van der Waals surface area contributed by atoms with Crippen molar-refractivity contribution < 1.29 is 4.92 Å². The molecule has 1 heterocycles. The van der Waals surface area contributed by atoms with Gasteiger partial charge in [-0.05, 0) is 18.2 Å². The molecule has 1 aromatic carbocycles. The van der Waals surface area contributed by atoms with Gasteiger partial charge in [0, 0.05) is 17.7 Å². The van der Waals surface area contributed by atoms with Crippen LogP contribution in [-0.2, 0) is 0 Å².